The van der Waals surface area contributed by atoms with Crippen LogP contribution in [0.15, 0.2) is 6.07 Å². The number of hydrogen-bond acceptors (Lipinski definition) is 6. The molecule has 0 radical (unpaired) electrons. The fraction of sp³-hybridized carbons (Fsp3) is 0.714. The van der Waals surface area contributed by atoms with E-state index in [1.54, 1.807) is 0 Å². The molecule has 1 saturated heterocycles. The molecule has 0 saturated carbocycles. The van der Waals surface area contributed by atoms with Gasteiger partial charge in [-0.15, -0.1) is 0 Å². The van der Waals surface area contributed by atoms with Gasteiger partial charge < -0.3 is 10.2 Å². The number of nitrogens with zero attached hydrogens (tertiary/aromatic N) is 3. The number of nitrogens with one attached hydrogen (secondary N) is 1. The van der Waals surface area contributed by atoms with Gasteiger partial charge in [0.1, 0.15) is 5.82 Å². The number of sulfone groups is 1. The quantitative estimate of drug-likeness (QED) is 0.805. The van der Waals surface area contributed by atoms with E-state index in [2.05, 4.69) is 22.2 Å². The van der Waals surface area contributed by atoms with Crippen molar-refractivity contribution in [2.45, 2.75) is 39.2 Å². The van der Waals surface area contributed by atoms with Crippen LogP contribution in [0.1, 0.15) is 31.9 Å². The summed E-state index contributed by atoms with van der Waals surface area (Å²) in [5.74, 6) is 1.85. The highest BCUT2D eigenvalue weighted by Gasteiger charge is 2.31. The number of hydrogen-bond donors (Lipinski definition) is 1. The smallest absolute Gasteiger partial charge is 0.227 e. The van der Waals surface area contributed by atoms with Gasteiger partial charge in [0.2, 0.25) is 5.95 Å². The maximum atomic E-state index is 11.6. The minimum absolute atomic E-state index is 0.0275. The van der Waals surface area contributed by atoms with Crippen LogP contribution in [0.3, 0.4) is 0 Å². The zero-order valence-corrected chi connectivity index (χ0v) is 13.8. The number of rotatable bonds is 6. The van der Waals surface area contributed by atoms with Crippen LogP contribution in [0.2, 0.25) is 0 Å². The van der Waals surface area contributed by atoms with Crippen LogP contribution in [-0.4, -0.2) is 49.5 Å². The molecule has 118 valence electrons. The first kappa shape index (κ1) is 16.0. The van der Waals surface area contributed by atoms with Gasteiger partial charge in [-0.2, -0.15) is 4.98 Å². The maximum Gasteiger partial charge on any atom is 0.227 e. The summed E-state index contributed by atoms with van der Waals surface area (Å²) in [6, 6.07) is 1.89. The third kappa shape index (κ3) is 4.30. The van der Waals surface area contributed by atoms with Crippen LogP contribution < -0.4 is 10.2 Å². The second kappa shape index (κ2) is 6.60. The molecule has 6 nitrogen and oxygen atoms in total. The number of unbranched alkanes of at least 4 members (excludes halogenated alkanes) is 1. The van der Waals surface area contributed by atoms with Crippen LogP contribution >= 0.6 is 0 Å². The van der Waals surface area contributed by atoms with Gasteiger partial charge >= 0.3 is 0 Å². The zero-order valence-electron chi connectivity index (χ0n) is 13.0. The summed E-state index contributed by atoms with van der Waals surface area (Å²) in [5, 5.41) is 3.29. The fourth-order valence-electron chi connectivity index (χ4n) is 2.44. The highest BCUT2D eigenvalue weighted by atomic mass is 32.2. The molecular weight excluding hydrogens is 288 g/mol. The van der Waals surface area contributed by atoms with Crippen molar-refractivity contribution in [3.63, 3.8) is 0 Å². The van der Waals surface area contributed by atoms with E-state index in [1.807, 2.05) is 24.9 Å². The summed E-state index contributed by atoms with van der Waals surface area (Å²) in [6.45, 7) is 4.95. The van der Waals surface area contributed by atoms with Gasteiger partial charge in [-0.3, -0.25) is 0 Å². The topological polar surface area (TPSA) is 75.2 Å². The molecule has 1 aromatic rings. The molecule has 7 heteroatoms. The average Bonchev–Trinajstić information content (AvgIpc) is 2.78. The minimum Gasteiger partial charge on any atom is -0.370 e. The Kier molecular flexibility index (Phi) is 5.03. The highest BCUT2D eigenvalue weighted by Crippen LogP contribution is 2.21. The zero-order chi connectivity index (χ0) is 15.5. The highest BCUT2D eigenvalue weighted by molar-refractivity contribution is 7.91. The van der Waals surface area contributed by atoms with Gasteiger partial charge in [-0.05, 0) is 19.8 Å². The number of aryl methyl sites for hydroxylation is 1. The molecule has 2 heterocycles. The van der Waals surface area contributed by atoms with Crippen molar-refractivity contribution < 1.29 is 8.42 Å². The molecule has 0 aliphatic carbocycles. The van der Waals surface area contributed by atoms with Crippen molar-refractivity contribution in [3.8, 4) is 0 Å². The van der Waals surface area contributed by atoms with Crippen molar-refractivity contribution in [1.82, 2.24) is 9.97 Å². The summed E-state index contributed by atoms with van der Waals surface area (Å²) in [6.07, 6.45) is 2.87. The first-order chi connectivity index (χ1) is 9.91. The van der Waals surface area contributed by atoms with E-state index in [4.69, 9.17) is 0 Å². The van der Waals surface area contributed by atoms with E-state index in [1.165, 1.54) is 0 Å². The third-order valence-corrected chi connectivity index (χ3v) is 5.50. The van der Waals surface area contributed by atoms with Gasteiger partial charge in [0.25, 0.3) is 0 Å². The van der Waals surface area contributed by atoms with E-state index < -0.39 is 9.84 Å². The molecule has 0 amide bonds. The molecule has 0 aromatic carbocycles. The van der Waals surface area contributed by atoms with Gasteiger partial charge in [0, 0.05) is 31.4 Å². The van der Waals surface area contributed by atoms with Gasteiger partial charge in [0.15, 0.2) is 9.84 Å². The maximum absolute atomic E-state index is 11.6. The van der Waals surface area contributed by atoms with Gasteiger partial charge in [-0.1, -0.05) is 13.3 Å². The van der Waals surface area contributed by atoms with E-state index in [0.29, 0.717) is 12.4 Å². The van der Waals surface area contributed by atoms with E-state index >= 15 is 0 Å². The van der Waals surface area contributed by atoms with Crippen LogP contribution in [0, 0.1) is 6.92 Å². The lowest BCUT2D eigenvalue weighted by molar-refractivity contribution is 0.600. The molecule has 1 atom stereocenters. The lowest BCUT2D eigenvalue weighted by Crippen LogP contribution is -2.34. The third-order valence-electron chi connectivity index (χ3n) is 3.75. The summed E-state index contributed by atoms with van der Waals surface area (Å²) in [5.41, 5.74) is 0.881. The molecule has 1 unspecified atom stereocenters. The summed E-state index contributed by atoms with van der Waals surface area (Å²) in [7, 11) is -1.03. The average molecular weight is 312 g/mol. The predicted octanol–water partition coefficient (Wildman–Crippen LogP) is 1.62. The lowest BCUT2D eigenvalue weighted by atomic mass is 10.2. The molecular formula is C14H24N4O2S. The minimum atomic E-state index is -2.90. The van der Waals surface area contributed by atoms with Gasteiger partial charge in [0.05, 0.1) is 11.5 Å². The fourth-order valence-corrected chi connectivity index (χ4v) is 4.21. The second-order valence-corrected chi connectivity index (χ2v) is 7.87. The number of anilines is 2. The number of aromatic nitrogens is 2. The van der Waals surface area contributed by atoms with Crippen LogP contribution in [0.5, 0.6) is 0 Å². The van der Waals surface area contributed by atoms with Crippen molar-refractivity contribution in [3.05, 3.63) is 11.8 Å². The summed E-state index contributed by atoms with van der Waals surface area (Å²) < 4.78 is 23.2. The summed E-state index contributed by atoms with van der Waals surface area (Å²) >= 11 is 0. The first-order valence-corrected chi connectivity index (χ1v) is 9.26. The molecule has 0 spiro atoms. The van der Waals surface area contributed by atoms with Crippen LogP contribution in [-0.2, 0) is 9.84 Å². The van der Waals surface area contributed by atoms with Crippen molar-refractivity contribution in [2.75, 3.05) is 35.3 Å². The van der Waals surface area contributed by atoms with Gasteiger partial charge in [-0.25, -0.2) is 13.4 Å². The van der Waals surface area contributed by atoms with Crippen LogP contribution in [0.25, 0.3) is 0 Å². The monoisotopic (exact) mass is 312 g/mol. The predicted molar refractivity (Wildman–Crippen MR) is 85.6 cm³/mol. The van der Waals surface area contributed by atoms with E-state index in [0.717, 1.165) is 30.9 Å². The van der Waals surface area contributed by atoms with Crippen molar-refractivity contribution >= 4 is 21.6 Å². The Hall–Kier alpha value is -1.37. The van der Waals surface area contributed by atoms with Crippen LogP contribution in [0.4, 0.5) is 11.8 Å². The Balaban J connectivity index is 2.11. The Morgan fingerprint density at radius 3 is 2.81 bits per heavy atom. The molecule has 0 bridgehead atoms. The van der Waals surface area contributed by atoms with Crippen molar-refractivity contribution in [1.29, 1.82) is 0 Å². The Bertz CT molecular complexity index is 589. The Morgan fingerprint density at radius 1 is 1.43 bits per heavy atom. The second-order valence-electron chi connectivity index (χ2n) is 5.64. The van der Waals surface area contributed by atoms with E-state index in [-0.39, 0.29) is 17.5 Å². The molecule has 2 rings (SSSR count). The Morgan fingerprint density at radius 2 is 2.19 bits per heavy atom. The first-order valence-electron chi connectivity index (χ1n) is 7.44. The SMILES string of the molecule is CCCCNc1cc(C)nc(N(C)C2CCS(=O)(=O)C2)n1. The molecule has 1 aliphatic heterocycles. The largest absolute Gasteiger partial charge is 0.370 e. The molecule has 1 aromatic heterocycles. The van der Waals surface area contributed by atoms with Crippen molar-refractivity contribution in [2.24, 2.45) is 0 Å². The molecule has 1 N–H and O–H groups in total. The lowest BCUT2D eigenvalue weighted by Gasteiger charge is -2.24. The molecule has 21 heavy (non-hydrogen) atoms. The molecule has 1 aliphatic rings. The molecule has 1 fully saturated rings. The normalized spacial score (nSPS) is 20.4. The summed E-state index contributed by atoms with van der Waals surface area (Å²) in [4.78, 5) is 10.8. The van der Waals surface area contributed by atoms with E-state index in [9.17, 15) is 8.42 Å². The standard InChI is InChI=1S/C14H24N4O2S/c1-4-5-7-15-13-9-11(2)16-14(17-13)18(3)12-6-8-21(19,20)10-12/h9,12H,4-8,10H2,1-3H3,(H,15,16,17). The Labute approximate surface area is 126 Å².